The largest absolute Gasteiger partial charge is 0.452 e. The molecular weight excluding hydrogens is 368 g/mol. The predicted molar refractivity (Wildman–Crippen MR) is 86.8 cm³/mol. The molecule has 2 aromatic carbocycles. The van der Waals surface area contributed by atoms with Crippen molar-refractivity contribution in [2.24, 2.45) is 0 Å². The zero-order chi connectivity index (χ0) is 17.0. The molecule has 4 nitrogen and oxygen atoms in total. The molecule has 0 fully saturated rings. The van der Waals surface area contributed by atoms with Crippen LogP contribution in [-0.4, -0.2) is 18.5 Å². The lowest BCUT2D eigenvalue weighted by Crippen LogP contribution is -2.21. The summed E-state index contributed by atoms with van der Waals surface area (Å²) >= 11 is 17.3. The second kappa shape index (κ2) is 7.64. The maximum absolute atomic E-state index is 13.5. The Balaban J connectivity index is 1.98. The minimum absolute atomic E-state index is 0.1000. The number of ether oxygens (including phenoxy) is 1. The number of hydrogen-bond acceptors (Lipinski definition) is 3. The van der Waals surface area contributed by atoms with E-state index in [-0.39, 0.29) is 5.02 Å². The first-order valence-corrected chi connectivity index (χ1v) is 7.37. The van der Waals surface area contributed by atoms with Gasteiger partial charge in [-0.2, -0.15) is 0 Å². The molecule has 2 rings (SSSR count). The van der Waals surface area contributed by atoms with Crippen molar-refractivity contribution < 1.29 is 18.7 Å². The van der Waals surface area contributed by atoms with Crippen LogP contribution in [0.4, 0.5) is 10.1 Å². The van der Waals surface area contributed by atoms with Crippen molar-refractivity contribution in [2.45, 2.75) is 0 Å². The van der Waals surface area contributed by atoms with Crippen LogP contribution in [0.15, 0.2) is 36.4 Å². The number of carbonyl (C=O) groups excluding carboxylic acids is 2. The van der Waals surface area contributed by atoms with E-state index in [1.165, 1.54) is 30.3 Å². The molecule has 8 heteroatoms. The van der Waals surface area contributed by atoms with Gasteiger partial charge in [0.1, 0.15) is 11.4 Å². The second-order valence-electron chi connectivity index (χ2n) is 4.38. The van der Waals surface area contributed by atoms with Gasteiger partial charge >= 0.3 is 5.97 Å². The van der Waals surface area contributed by atoms with E-state index < -0.39 is 29.9 Å². The third-order valence-corrected chi connectivity index (χ3v) is 3.40. The van der Waals surface area contributed by atoms with Gasteiger partial charge < -0.3 is 10.1 Å². The second-order valence-corrected chi connectivity index (χ2v) is 5.66. The van der Waals surface area contributed by atoms with E-state index in [9.17, 15) is 14.0 Å². The van der Waals surface area contributed by atoms with Gasteiger partial charge in [0.25, 0.3) is 5.91 Å². The number of hydrogen-bond donors (Lipinski definition) is 1. The molecule has 2 aromatic rings. The van der Waals surface area contributed by atoms with E-state index in [0.29, 0.717) is 15.7 Å². The van der Waals surface area contributed by atoms with Gasteiger partial charge in [0.05, 0.1) is 5.02 Å². The number of amides is 1. The summed E-state index contributed by atoms with van der Waals surface area (Å²) in [5.41, 5.74) is -0.0831. The minimum atomic E-state index is -1.03. The number of carbonyl (C=O) groups is 2. The average molecular weight is 377 g/mol. The highest BCUT2D eigenvalue weighted by Crippen LogP contribution is 2.22. The van der Waals surface area contributed by atoms with Gasteiger partial charge in [-0.15, -0.1) is 0 Å². The monoisotopic (exact) mass is 375 g/mol. The molecule has 0 unspecified atom stereocenters. The highest BCUT2D eigenvalue weighted by Gasteiger charge is 2.18. The van der Waals surface area contributed by atoms with E-state index >= 15 is 0 Å². The Morgan fingerprint density at radius 1 is 1.09 bits per heavy atom. The number of rotatable bonds is 4. The number of nitrogens with one attached hydrogen (secondary N) is 1. The Bertz CT molecular complexity index is 727. The van der Waals surface area contributed by atoms with Crippen LogP contribution in [0.5, 0.6) is 0 Å². The molecule has 0 aliphatic heterocycles. The fourth-order valence-electron chi connectivity index (χ4n) is 1.72. The Hall–Kier alpha value is -1.82. The molecule has 1 N–H and O–H groups in total. The molecule has 0 aliphatic rings. The van der Waals surface area contributed by atoms with Gasteiger partial charge in [-0.1, -0.05) is 40.9 Å². The van der Waals surface area contributed by atoms with Crippen molar-refractivity contribution in [3.8, 4) is 0 Å². The van der Waals surface area contributed by atoms with Crippen molar-refractivity contribution in [2.75, 3.05) is 11.9 Å². The van der Waals surface area contributed by atoms with E-state index in [1.54, 1.807) is 0 Å². The lowest BCUT2D eigenvalue weighted by molar-refractivity contribution is -0.119. The summed E-state index contributed by atoms with van der Waals surface area (Å²) in [5, 5.41) is 3.02. The molecule has 0 saturated carbocycles. The van der Waals surface area contributed by atoms with Crippen LogP contribution >= 0.6 is 34.8 Å². The summed E-state index contributed by atoms with van der Waals surface area (Å²) in [7, 11) is 0. The first-order valence-electron chi connectivity index (χ1n) is 6.24. The Labute approximate surface area is 146 Å². The number of anilines is 1. The fourth-order valence-corrected chi connectivity index (χ4v) is 2.49. The summed E-state index contributed by atoms with van der Waals surface area (Å²) in [6.07, 6.45) is 0. The molecule has 0 bridgehead atoms. The van der Waals surface area contributed by atoms with E-state index in [0.717, 1.165) is 6.07 Å². The summed E-state index contributed by atoms with van der Waals surface area (Å²) in [4.78, 5) is 23.5. The third-order valence-electron chi connectivity index (χ3n) is 2.65. The zero-order valence-electron chi connectivity index (χ0n) is 11.4. The maximum atomic E-state index is 13.5. The molecule has 120 valence electrons. The quantitative estimate of drug-likeness (QED) is 0.795. The molecule has 1 amide bonds. The van der Waals surface area contributed by atoms with Crippen LogP contribution in [0.3, 0.4) is 0 Å². The van der Waals surface area contributed by atoms with Gasteiger partial charge in [-0.25, -0.2) is 9.18 Å². The summed E-state index contributed by atoms with van der Waals surface area (Å²) in [5.74, 6) is -2.50. The van der Waals surface area contributed by atoms with Crippen molar-refractivity contribution in [1.29, 1.82) is 0 Å². The van der Waals surface area contributed by atoms with Crippen molar-refractivity contribution in [1.82, 2.24) is 0 Å². The maximum Gasteiger partial charge on any atom is 0.343 e. The van der Waals surface area contributed by atoms with Gasteiger partial charge in [0, 0.05) is 15.7 Å². The highest BCUT2D eigenvalue weighted by molar-refractivity contribution is 6.35. The molecule has 0 spiro atoms. The minimum Gasteiger partial charge on any atom is -0.452 e. The van der Waals surface area contributed by atoms with Crippen LogP contribution in [0.2, 0.25) is 15.1 Å². The Morgan fingerprint density at radius 3 is 2.35 bits per heavy atom. The lowest BCUT2D eigenvalue weighted by Gasteiger charge is -2.08. The number of esters is 1. The average Bonchev–Trinajstić information content (AvgIpc) is 2.43. The molecule has 0 radical (unpaired) electrons. The first kappa shape index (κ1) is 17.5. The molecule has 0 aliphatic carbocycles. The number of halogens is 4. The van der Waals surface area contributed by atoms with Crippen LogP contribution < -0.4 is 5.32 Å². The standard InChI is InChI=1S/C15H9Cl3FNO3/c16-8-4-9(17)6-10(5-8)20-13(21)7-23-15(22)14-11(18)2-1-3-12(14)19/h1-6H,7H2,(H,20,21). The Kier molecular flexibility index (Phi) is 5.82. The fraction of sp³-hybridized carbons (Fsp3) is 0.0667. The number of benzene rings is 2. The van der Waals surface area contributed by atoms with Crippen molar-refractivity contribution in [3.05, 3.63) is 62.8 Å². The SMILES string of the molecule is O=C(COC(=O)c1c(F)cccc1Cl)Nc1cc(Cl)cc(Cl)c1. The topological polar surface area (TPSA) is 55.4 Å². The predicted octanol–water partition coefficient (Wildman–Crippen LogP) is 4.58. The van der Waals surface area contributed by atoms with Gasteiger partial charge in [-0.3, -0.25) is 4.79 Å². The molecule has 0 atom stereocenters. The third kappa shape index (κ3) is 4.82. The van der Waals surface area contributed by atoms with E-state index in [1.807, 2.05) is 0 Å². The molecular formula is C15H9Cl3FNO3. The summed E-state index contributed by atoms with van der Waals surface area (Å²) in [6.45, 7) is -0.617. The van der Waals surface area contributed by atoms with Crippen LogP contribution in [0.1, 0.15) is 10.4 Å². The molecule has 0 aromatic heterocycles. The first-order chi connectivity index (χ1) is 10.9. The Morgan fingerprint density at radius 2 is 1.74 bits per heavy atom. The summed E-state index contributed by atoms with van der Waals surface area (Å²) < 4.78 is 18.3. The molecule has 23 heavy (non-hydrogen) atoms. The highest BCUT2D eigenvalue weighted by atomic mass is 35.5. The van der Waals surface area contributed by atoms with Crippen LogP contribution in [-0.2, 0) is 9.53 Å². The summed E-state index contributed by atoms with van der Waals surface area (Å²) in [6, 6.07) is 8.20. The van der Waals surface area contributed by atoms with E-state index in [2.05, 4.69) is 5.32 Å². The van der Waals surface area contributed by atoms with Crippen LogP contribution in [0.25, 0.3) is 0 Å². The zero-order valence-corrected chi connectivity index (χ0v) is 13.7. The van der Waals surface area contributed by atoms with Gasteiger partial charge in [0.2, 0.25) is 0 Å². The van der Waals surface area contributed by atoms with Crippen molar-refractivity contribution >= 4 is 52.4 Å². The van der Waals surface area contributed by atoms with Gasteiger partial charge in [-0.05, 0) is 30.3 Å². The smallest absolute Gasteiger partial charge is 0.343 e. The molecule has 0 heterocycles. The van der Waals surface area contributed by atoms with Gasteiger partial charge in [0.15, 0.2) is 6.61 Å². The van der Waals surface area contributed by atoms with E-state index in [4.69, 9.17) is 39.5 Å². The molecule has 0 saturated heterocycles. The normalized spacial score (nSPS) is 10.3. The van der Waals surface area contributed by atoms with Crippen LogP contribution in [0, 0.1) is 5.82 Å². The lowest BCUT2D eigenvalue weighted by atomic mass is 10.2. The van der Waals surface area contributed by atoms with Crippen molar-refractivity contribution in [3.63, 3.8) is 0 Å².